The van der Waals surface area contributed by atoms with Gasteiger partial charge in [0.15, 0.2) is 16.1 Å². The second-order valence-electron chi connectivity index (χ2n) is 6.07. The van der Waals surface area contributed by atoms with Gasteiger partial charge in [0.2, 0.25) is 0 Å². The summed E-state index contributed by atoms with van der Waals surface area (Å²) in [6.07, 6.45) is -0.366. The molecule has 0 radical (unpaired) electrons. The smallest absolute Gasteiger partial charge is 0.190 e. The van der Waals surface area contributed by atoms with Crippen molar-refractivity contribution in [3.05, 3.63) is 16.7 Å². The maximum absolute atomic E-state index is 15.0. The third-order valence-corrected chi connectivity index (χ3v) is 5.47. The molecule has 0 saturated carbocycles. The number of alkyl halides is 1. The topological polar surface area (TPSA) is 51.1 Å². The normalized spacial score (nSPS) is 23.3. The highest BCUT2D eigenvalue weighted by molar-refractivity contribution is 7.99. The minimum absolute atomic E-state index is 0.0458. The van der Waals surface area contributed by atoms with Crippen LogP contribution in [0.25, 0.3) is 10.9 Å². The highest BCUT2D eigenvalue weighted by Gasteiger charge is 2.36. The maximum Gasteiger partial charge on any atom is 0.190 e. The zero-order valence-electron chi connectivity index (χ0n) is 13.6. The predicted molar refractivity (Wildman–Crippen MR) is 93.7 cm³/mol. The number of rotatable bonds is 2. The summed E-state index contributed by atoms with van der Waals surface area (Å²) in [5, 5.41) is 0.438. The quantitative estimate of drug-likeness (QED) is 0.442. The third kappa shape index (κ3) is 2.94. The Morgan fingerprint density at radius 3 is 3.00 bits per heavy atom. The molecule has 0 unspecified atom stereocenters. The lowest BCUT2D eigenvalue weighted by Gasteiger charge is -2.29. The van der Waals surface area contributed by atoms with Gasteiger partial charge in [-0.3, -0.25) is 0 Å². The van der Waals surface area contributed by atoms with Crippen molar-refractivity contribution in [2.75, 3.05) is 30.4 Å². The molecular formula is C16H17ClF2N4OS. The number of aromatic nitrogens is 3. The number of hydrogen-bond donors (Lipinski definition) is 0. The summed E-state index contributed by atoms with van der Waals surface area (Å²) in [7, 11) is 0. The molecule has 4 rings (SSSR count). The van der Waals surface area contributed by atoms with Crippen LogP contribution < -0.4 is 4.90 Å². The summed E-state index contributed by atoms with van der Waals surface area (Å²) in [4.78, 5) is 14.9. The second kappa shape index (κ2) is 6.81. The summed E-state index contributed by atoms with van der Waals surface area (Å²) in [5.74, 6) is 0.560. The van der Waals surface area contributed by atoms with Gasteiger partial charge in [0.05, 0.1) is 23.7 Å². The van der Waals surface area contributed by atoms with E-state index in [1.165, 1.54) is 11.8 Å². The standard InChI is InChI=1S/C16H17ClF2N4OS/c1-2-25-16-21-13-10-12(20-14(17)11(13)19)9(18)6-8-7-24-5-3-4-23(8)15(10)22-16/h8-9H,2-7H2,1H3/t8-,9+/m0/s1. The van der Waals surface area contributed by atoms with Crippen molar-refractivity contribution in [1.82, 2.24) is 15.0 Å². The van der Waals surface area contributed by atoms with Crippen molar-refractivity contribution in [2.24, 2.45) is 0 Å². The molecule has 4 heterocycles. The van der Waals surface area contributed by atoms with Gasteiger partial charge in [-0.1, -0.05) is 30.3 Å². The number of anilines is 1. The number of halogens is 3. The van der Waals surface area contributed by atoms with Crippen molar-refractivity contribution in [2.45, 2.75) is 37.1 Å². The summed E-state index contributed by atoms with van der Waals surface area (Å²) in [5.41, 5.74) is 0.168. The molecular weight excluding hydrogens is 370 g/mol. The molecule has 0 bridgehead atoms. The van der Waals surface area contributed by atoms with Crippen LogP contribution in [-0.2, 0) is 4.74 Å². The molecule has 2 aromatic heterocycles. The van der Waals surface area contributed by atoms with E-state index in [9.17, 15) is 8.78 Å². The van der Waals surface area contributed by atoms with Gasteiger partial charge in [-0.05, 0) is 12.2 Å². The number of hydrogen-bond acceptors (Lipinski definition) is 6. The minimum Gasteiger partial charge on any atom is -0.379 e. The number of nitrogens with zero attached hydrogens (tertiary/aromatic N) is 4. The SMILES string of the molecule is CCSc1nc2c3c(nc(Cl)c(F)c3n1)[C@H](F)C[C@H]1COCCCN21. The molecule has 0 amide bonds. The van der Waals surface area contributed by atoms with E-state index in [-0.39, 0.29) is 28.8 Å². The highest BCUT2D eigenvalue weighted by atomic mass is 35.5. The highest BCUT2D eigenvalue weighted by Crippen LogP contribution is 2.42. The molecule has 0 N–H and O–H groups in total. The molecule has 2 aromatic rings. The summed E-state index contributed by atoms with van der Waals surface area (Å²) >= 11 is 7.33. The van der Waals surface area contributed by atoms with E-state index in [1.807, 2.05) is 11.8 Å². The van der Waals surface area contributed by atoms with E-state index in [0.29, 0.717) is 36.1 Å². The largest absolute Gasteiger partial charge is 0.379 e. The Labute approximate surface area is 153 Å². The van der Waals surface area contributed by atoms with Gasteiger partial charge in [-0.15, -0.1) is 0 Å². The molecule has 1 saturated heterocycles. The summed E-state index contributed by atoms with van der Waals surface area (Å²) in [6, 6.07) is -0.175. The maximum atomic E-state index is 15.0. The van der Waals surface area contributed by atoms with Gasteiger partial charge in [0.1, 0.15) is 17.5 Å². The average Bonchev–Trinajstić information content (AvgIpc) is 2.87. The van der Waals surface area contributed by atoms with Crippen LogP contribution in [0.3, 0.4) is 0 Å². The van der Waals surface area contributed by atoms with Crippen molar-refractivity contribution < 1.29 is 13.5 Å². The molecule has 1 fully saturated rings. The van der Waals surface area contributed by atoms with E-state index >= 15 is 0 Å². The van der Waals surface area contributed by atoms with E-state index in [2.05, 4.69) is 15.0 Å². The van der Waals surface area contributed by atoms with Crippen LogP contribution in [-0.4, -0.2) is 46.5 Å². The zero-order valence-corrected chi connectivity index (χ0v) is 15.2. The van der Waals surface area contributed by atoms with Crippen LogP contribution in [0.4, 0.5) is 14.6 Å². The second-order valence-corrected chi connectivity index (χ2v) is 7.66. The lowest BCUT2D eigenvalue weighted by Crippen LogP contribution is -2.38. The Hall–Kier alpha value is -1.25. The van der Waals surface area contributed by atoms with Crippen LogP contribution in [0.2, 0.25) is 5.15 Å². The van der Waals surface area contributed by atoms with Crippen molar-refractivity contribution in [3.63, 3.8) is 0 Å². The van der Waals surface area contributed by atoms with Crippen molar-refractivity contribution >= 4 is 40.1 Å². The number of fused-ring (bicyclic) bond motifs is 2. The van der Waals surface area contributed by atoms with Crippen LogP contribution in [0.5, 0.6) is 0 Å². The van der Waals surface area contributed by atoms with Gasteiger partial charge in [-0.2, -0.15) is 0 Å². The third-order valence-electron chi connectivity index (χ3n) is 4.49. The van der Waals surface area contributed by atoms with E-state index < -0.39 is 12.0 Å². The van der Waals surface area contributed by atoms with Crippen LogP contribution >= 0.6 is 23.4 Å². The molecule has 9 heteroatoms. The van der Waals surface area contributed by atoms with Crippen molar-refractivity contribution in [1.29, 1.82) is 0 Å². The Morgan fingerprint density at radius 2 is 2.20 bits per heavy atom. The zero-order chi connectivity index (χ0) is 17.6. The summed E-state index contributed by atoms with van der Waals surface area (Å²) in [6.45, 7) is 3.67. The molecule has 2 aliphatic heterocycles. The number of pyridine rings is 1. The Morgan fingerprint density at radius 1 is 1.36 bits per heavy atom. The van der Waals surface area contributed by atoms with E-state index in [1.54, 1.807) is 0 Å². The molecule has 134 valence electrons. The molecule has 2 atom stereocenters. The number of thioether (sulfide) groups is 1. The number of ether oxygens (including phenoxy) is 1. The first-order valence-electron chi connectivity index (χ1n) is 8.28. The van der Waals surface area contributed by atoms with Gasteiger partial charge >= 0.3 is 0 Å². The van der Waals surface area contributed by atoms with Gasteiger partial charge < -0.3 is 9.64 Å². The van der Waals surface area contributed by atoms with Gasteiger partial charge in [0.25, 0.3) is 0 Å². The van der Waals surface area contributed by atoms with Gasteiger partial charge in [-0.25, -0.2) is 23.7 Å². The predicted octanol–water partition coefficient (Wildman–Crippen LogP) is 3.94. The van der Waals surface area contributed by atoms with E-state index in [0.717, 1.165) is 12.2 Å². The lowest BCUT2D eigenvalue weighted by molar-refractivity contribution is 0.124. The molecule has 5 nitrogen and oxygen atoms in total. The first-order chi connectivity index (χ1) is 12.1. The van der Waals surface area contributed by atoms with Crippen molar-refractivity contribution in [3.8, 4) is 0 Å². The molecule has 2 aliphatic rings. The Balaban J connectivity index is 2.03. The first-order valence-corrected chi connectivity index (χ1v) is 9.64. The molecule has 0 aliphatic carbocycles. The lowest BCUT2D eigenvalue weighted by atomic mass is 10.1. The van der Waals surface area contributed by atoms with Crippen LogP contribution in [0.15, 0.2) is 5.16 Å². The molecule has 0 spiro atoms. The first kappa shape index (κ1) is 17.2. The molecule has 0 aromatic carbocycles. The fraction of sp³-hybridized carbons (Fsp3) is 0.562. The minimum atomic E-state index is -1.37. The summed E-state index contributed by atoms with van der Waals surface area (Å²) < 4.78 is 35.2. The van der Waals surface area contributed by atoms with Crippen LogP contribution in [0, 0.1) is 5.82 Å². The average molecular weight is 387 g/mol. The Kier molecular flexibility index (Phi) is 4.68. The molecule has 25 heavy (non-hydrogen) atoms. The van der Waals surface area contributed by atoms with E-state index in [4.69, 9.17) is 16.3 Å². The fourth-order valence-corrected chi connectivity index (χ4v) is 4.16. The fourth-order valence-electron chi connectivity index (χ4n) is 3.41. The van der Waals surface area contributed by atoms with Crippen LogP contribution in [0.1, 0.15) is 31.6 Å². The van der Waals surface area contributed by atoms with Gasteiger partial charge in [0, 0.05) is 19.6 Å². The Bertz CT molecular complexity index is 825. The monoisotopic (exact) mass is 386 g/mol.